The topological polar surface area (TPSA) is 89.7 Å². The van der Waals surface area contributed by atoms with Gasteiger partial charge in [0.05, 0.1) is 0 Å². The number of likely N-dealkylation sites (tertiary alicyclic amines) is 1. The molecule has 0 aromatic heterocycles. The Morgan fingerprint density at radius 3 is 2.19 bits per heavy atom. The van der Waals surface area contributed by atoms with Crippen LogP contribution in [0.2, 0.25) is 0 Å². The van der Waals surface area contributed by atoms with Gasteiger partial charge in [-0.05, 0) is 33.1 Å². The van der Waals surface area contributed by atoms with Crippen molar-refractivity contribution in [3.8, 4) is 0 Å². The molecule has 1 rings (SSSR count). The highest BCUT2D eigenvalue weighted by atomic mass is 32.2. The molecule has 0 saturated carbocycles. The molecule has 1 heterocycles. The maximum atomic E-state index is 12.0. The fourth-order valence-electron chi connectivity index (χ4n) is 1.80. The van der Waals surface area contributed by atoms with Crippen molar-refractivity contribution >= 4 is 16.2 Å². The second-order valence-corrected chi connectivity index (χ2v) is 5.59. The maximum absolute atomic E-state index is 12.0. The molecule has 1 fully saturated rings. The summed E-state index contributed by atoms with van der Waals surface area (Å²) >= 11 is 0. The van der Waals surface area contributed by atoms with Crippen molar-refractivity contribution in [1.82, 2.24) is 4.90 Å². The third kappa shape index (κ3) is 3.73. The molecular weight excluding hydrogens is 232 g/mol. The molecule has 94 valence electrons. The fraction of sp³-hybridized carbons (Fsp3) is 0.889. The molecular formula is C9H18N2O4S. The summed E-state index contributed by atoms with van der Waals surface area (Å²) in [5.74, 6) is -0.332. The van der Waals surface area contributed by atoms with Gasteiger partial charge in [-0.25, -0.2) is 9.32 Å². The molecule has 7 heteroatoms. The van der Waals surface area contributed by atoms with E-state index < -0.39 is 15.9 Å². The molecule has 16 heavy (non-hydrogen) atoms. The van der Waals surface area contributed by atoms with Crippen LogP contribution in [0.3, 0.4) is 0 Å². The Labute approximate surface area is 96.0 Å². The highest BCUT2D eigenvalue weighted by Gasteiger charge is 2.37. The molecule has 1 aliphatic rings. The second-order valence-electron chi connectivity index (χ2n) is 4.44. The molecule has 1 saturated heterocycles. The smallest absolute Gasteiger partial charge is 0.334 e. The van der Waals surface area contributed by atoms with Gasteiger partial charge in [-0.1, -0.05) is 0 Å². The van der Waals surface area contributed by atoms with E-state index in [0.717, 1.165) is 19.3 Å². The Morgan fingerprint density at radius 1 is 1.25 bits per heavy atom. The normalized spacial score (nSPS) is 18.6. The highest BCUT2D eigenvalue weighted by molar-refractivity contribution is 7.84. The zero-order valence-corrected chi connectivity index (χ0v) is 10.4. The van der Waals surface area contributed by atoms with Crippen LogP contribution in [0.1, 0.15) is 33.1 Å². The molecule has 0 spiro atoms. The Morgan fingerprint density at radius 2 is 1.75 bits per heavy atom. The summed E-state index contributed by atoms with van der Waals surface area (Å²) < 4.78 is 26.2. The largest absolute Gasteiger partial charge is 0.340 e. The van der Waals surface area contributed by atoms with Crippen LogP contribution in [0.25, 0.3) is 0 Å². The second kappa shape index (κ2) is 4.68. The summed E-state index contributed by atoms with van der Waals surface area (Å²) in [4.78, 5) is 13.6. The zero-order valence-electron chi connectivity index (χ0n) is 9.60. The van der Waals surface area contributed by atoms with Gasteiger partial charge in [0.1, 0.15) is 0 Å². The predicted octanol–water partition coefficient (Wildman–Crippen LogP) is -0.00240. The zero-order chi connectivity index (χ0) is 12.4. The molecule has 6 nitrogen and oxygen atoms in total. The van der Waals surface area contributed by atoms with Crippen molar-refractivity contribution in [2.24, 2.45) is 5.14 Å². The van der Waals surface area contributed by atoms with Crippen LogP contribution in [0, 0.1) is 0 Å². The molecule has 0 aromatic carbocycles. The number of carbonyl (C=O) groups excluding carboxylic acids is 1. The lowest BCUT2D eigenvalue weighted by Crippen LogP contribution is -2.50. The van der Waals surface area contributed by atoms with E-state index in [2.05, 4.69) is 4.18 Å². The fourth-order valence-corrected chi connectivity index (χ4v) is 2.46. The van der Waals surface area contributed by atoms with Gasteiger partial charge in [0.15, 0.2) is 5.60 Å². The third-order valence-electron chi connectivity index (χ3n) is 2.48. The summed E-state index contributed by atoms with van der Waals surface area (Å²) in [6.45, 7) is 4.12. The van der Waals surface area contributed by atoms with Crippen molar-refractivity contribution in [2.45, 2.75) is 38.7 Å². The Hall–Kier alpha value is -0.660. The maximum Gasteiger partial charge on any atom is 0.334 e. The van der Waals surface area contributed by atoms with Gasteiger partial charge in [-0.3, -0.25) is 4.79 Å². The number of nitrogens with two attached hydrogens (primary N) is 1. The average Bonchev–Trinajstić information content (AvgIpc) is 2.14. The highest BCUT2D eigenvalue weighted by Crippen LogP contribution is 2.19. The standard InChI is InChI=1S/C9H18N2O4S/c1-9(2,15-16(10,13)14)8(12)11-6-4-3-5-7-11/h3-7H2,1-2H3,(H2,10,13,14). The van der Waals surface area contributed by atoms with Crippen LogP contribution >= 0.6 is 0 Å². The summed E-state index contributed by atoms with van der Waals surface area (Å²) in [5, 5.41) is 4.77. The monoisotopic (exact) mass is 250 g/mol. The third-order valence-corrected chi connectivity index (χ3v) is 3.13. The summed E-state index contributed by atoms with van der Waals surface area (Å²) in [6.07, 6.45) is 2.98. The van der Waals surface area contributed by atoms with E-state index in [9.17, 15) is 13.2 Å². The van der Waals surface area contributed by atoms with Gasteiger partial charge < -0.3 is 4.90 Å². The summed E-state index contributed by atoms with van der Waals surface area (Å²) in [7, 11) is -4.11. The van der Waals surface area contributed by atoms with E-state index >= 15 is 0 Å². The van der Waals surface area contributed by atoms with Gasteiger partial charge in [-0.15, -0.1) is 0 Å². The van der Waals surface area contributed by atoms with Gasteiger partial charge in [0.2, 0.25) is 0 Å². The first-order valence-electron chi connectivity index (χ1n) is 5.25. The van der Waals surface area contributed by atoms with E-state index in [0.29, 0.717) is 13.1 Å². The van der Waals surface area contributed by atoms with Gasteiger partial charge in [0, 0.05) is 13.1 Å². The van der Waals surface area contributed by atoms with Crippen LogP contribution < -0.4 is 5.14 Å². The number of piperidine rings is 1. The van der Waals surface area contributed by atoms with Crippen LogP contribution in [-0.4, -0.2) is 37.9 Å². The van der Waals surface area contributed by atoms with Crippen LogP contribution in [0.4, 0.5) is 0 Å². The van der Waals surface area contributed by atoms with Gasteiger partial charge >= 0.3 is 10.3 Å². The first-order valence-corrected chi connectivity index (χ1v) is 6.72. The molecule has 1 aliphatic heterocycles. The molecule has 0 unspecified atom stereocenters. The Bertz CT molecular complexity index is 358. The number of rotatable bonds is 3. The van der Waals surface area contributed by atoms with Crippen LogP contribution in [0.15, 0.2) is 0 Å². The number of hydrogen-bond donors (Lipinski definition) is 1. The molecule has 0 aromatic rings. The molecule has 0 bridgehead atoms. The van der Waals surface area contributed by atoms with Gasteiger partial charge in [-0.2, -0.15) is 8.42 Å². The lowest BCUT2D eigenvalue weighted by atomic mass is 10.1. The van der Waals surface area contributed by atoms with Crippen molar-refractivity contribution in [1.29, 1.82) is 0 Å². The minimum Gasteiger partial charge on any atom is -0.340 e. The van der Waals surface area contributed by atoms with Crippen molar-refractivity contribution in [3.05, 3.63) is 0 Å². The molecule has 0 atom stereocenters. The van der Waals surface area contributed by atoms with Gasteiger partial charge in [0.25, 0.3) is 5.91 Å². The van der Waals surface area contributed by atoms with Crippen molar-refractivity contribution in [2.75, 3.05) is 13.1 Å². The Balaban J connectivity index is 2.70. The Kier molecular flexibility index (Phi) is 3.92. The van der Waals surface area contributed by atoms with E-state index in [4.69, 9.17) is 5.14 Å². The molecule has 0 aliphatic carbocycles. The molecule has 1 amide bonds. The number of carbonyl (C=O) groups is 1. The quantitative estimate of drug-likeness (QED) is 0.763. The van der Waals surface area contributed by atoms with Crippen LogP contribution in [-0.2, 0) is 19.3 Å². The van der Waals surface area contributed by atoms with E-state index in [1.165, 1.54) is 13.8 Å². The minimum absolute atomic E-state index is 0.332. The van der Waals surface area contributed by atoms with E-state index in [1.807, 2.05) is 0 Å². The molecule has 2 N–H and O–H groups in total. The van der Waals surface area contributed by atoms with Crippen molar-refractivity contribution in [3.63, 3.8) is 0 Å². The lowest BCUT2D eigenvalue weighted by Gasteiger charge is -2.33. The summed E-state index contributed by atoms with van der Waals surface area (Å²) in [6, 6.07) is 0. The first-order chi connectivity index (χ1) is 7.22. The lowest BCUT2D eigenvalue weighted by molar-refractivity contribution is -0.146. The van der Waals surface area contributed by atoms with Crippen LogP contribution in [0.5, 0.6) is 0 Å². The predicted molar refractivity (Wildman–Crippen MR) is 58.7 cm³/mol. The summed E-state index contributed by atoms with van der Waals surface area (Å²) in [5.41, 5.74) is -1.43. The minimum atomic E-state index is -4.11. The van der Waals surface area contributed by atoms with Crippen molar-refractivity contribution < 1.29 is 17.4 Å². The number of hydrogen-bond acceptors (Lipinski definition) is 4. The SMILES string of the molecule is CC(C)(OS(N)(=O)=O)C(=O)N1CCCCC1. The number of amides is 1. The van der Waals surface area contributed by atoms with E-state index in [-0.39, 0.29) is 5.91 Å². The first kappa shape index (κ1) is 13.4. The average molecular weight is 250 g/mol. The van der Waals surface area contributed by atoms with E-state index in [1.54, 1.807) is 4.90 Å². The number of nitrogens with zero attached hydrogens (tertiary/aromatic N) is 1. The molecule has 0 radical (unpaired) electrons.